The van der Waals surface area contributed by atoms with E-state index in [1.807, 2.05) is 24.3 Å². The molecule has 0 fully saturated rings. The summed E-state index contributed by atoms with van der Waals surface area (Å²) in [6.45, 7) is 5.94. The van der Waals surface area contributed by atoms with Gasteiger partial charge in [0.25, 0.3) is 0 Å². The Morgan fingerprint density at radius 3 is 2.95 bits per heavy atom. The fourth-order valence-corrected chi connectivity index (χ4v) is 2.15. The van der Waals surface area contributed by atoms with Crippen LogP contribution in [0.3, 0.4) is 0 Å². The lowest BCUT2D eigenvalue weighted by atomic mass is 10.1. The number of rotatable bonds is 5. The van der Waals surface area contributed by atoms with Crippen molar-refractivity contribution in [2.45, 2.75) is 20.4 Å². The summed E-state index contributed by atoms with van der Waals surface area (Å²) in [5.74, 6) is 2.06. The predicted octanol–water partition coefficient (Wildman–Crippen LogP) is 3.83. The van der Waals surface area contributed by atoms with E-state index in [1.165, 1.54) is 0 Å². The molecule has 2 aromatic heterocycles. The van der Waals surface area contributed by atoms with Gasteiger partial charge in [0.15, 0.2) is 5.76 Å². The van der Waals surface area contributed by atoms with Crippen molar-refractivity contribution >= 4 is 11.0 Å². The van der Waals surface area contributed by atoms with Crippen LogP contribution in [-0.4, -0.2) is 11.5 Å². The summed E-state index contributed by atoms with van der Waals surface area (Å²) in [6.07, 6.45) is 3.47. The van der Waals surface area contributed by atoms with Crippen molar-refractivity contribution in [3.8, 4) is 11.3 Å². The summed E-state index contributed by atoms with van der Waals surface area (Å²) < 4.78 is 11.3. The number of hydrogen-bond donors (Lipinski definition) is 1. The van der Waals surface area contributed by atoms with Crippen LogP contribution in [0, 0.1) is 5.92 Å². The second-order valence-electron chi connectivity index (χ2n) is 5.29. The summed E-state index contributed by atoms with van der Waals surface area (Å²) in [4.78, 5) is 4.30. The molecule has 0 aliphatic heterocycles. The van der Waals surface area contributed by atoms with Crippen LogP contribution < -0.4 is 5.32 Å². The maximum Gasteiger partial charge on any atom is 0.208 e. The highest BCUT2D eigenvalue weighted by Gasteiger charge is 2.12. The number of benzene rings is 1. The Kier molecular flexibility index (Phi) is 3.56. The van der Waals surface area contributed by atoms with Crippen molar-refractivity contribution in [1.82, 2.24) is 10.3 Å². The van der Waals surface area contributed by atoms with Crippen molar-refractivity contribution in [2.24, 2.45) is 5.92 Å². The molecule has 0 atom stereocenters. The molecule has 2 heterocycles. The molecule has 0 radical (unpaired) electrons. The Bertz CT molecular complexity index is 697. The number of nitrogens with zero attached hydrogens (tertiary/aromatic N) is 1. The molecule has 104 valence electrons. The summed E-state index contributed by atoms with van der Waals surface area (Å²) in [6, 6.07) is 7.91. The van der Waals surface area contributed by atoms with Crippen LogP contribution in [0.25, 0.3) is 22.3 Å². The van der Waals surface area contributed by atoms with E-state index in [4.69, 9.17) is 8.83 Å². The maximum absolute atomic E-state index is 5.78. The highest BCUT2D eigenvalue weighted by Crippen LogP contribution is 2.30. The zero-order valence-electron chi connectivity index (χ0n) is 11.7. The topological polar surface area (TPSA) is 51.2 Å². The molecular formula is C16H18N2O2. The highest BCUT2D eigenvalue weighted by molar-refractivity contribution is 5.92. The first kappa shape index (κ1) is 12.9. The van der Waals surface area contributed by atoms with E-state index in [0.29, 0.717) is 18.4 Å². The Morgan fingerprint density at radius 2 is 2.10 bits per heavy atom. The Labute approximate surface area is 117 Å². The lowest BCUT2D eigenvalue weighted by Crippen LogP contribution is -2.18. The van der Waals surface area contributed by atoms with Crippen LogP contribution in [-0.2, 0) is 6.54 Å². The first-order valence-corrected chi connectivity index (χ1v) is 6.86. The van der Waals surface area contributed by atoms with Gasteiger partial charge in [0.2, 0.25) is 5.89 Å². The van der Waals surface area contributed by atoms with Gasteiger partial charge in [0, 0.05) is 5.39 Å². The SMILES string of the molecule is CC(C)CNCc1ncc(-c2coc3ccccc23)o1. The zero-order valence-corrected chi connectivity index (χ0v) is 11.7. The molecule has 0 amide bonds. The van der Waals surface area contributed by atoms with Crippen LogP contribution >= 0.6 is 0 Å². The third kappa shape index (κ3) is 2.60. The average molecular weight is 270 g/mol. The van der Waals surface area contributed by atoms with Crippen LogP contribution in [0.4, 0.5) is 0 Å². The van der Waals surface area contributed by atoms with Gasteiger partial charge in [-0.3, -0.25) is 0 Å². The molecule has 4 nitrogen and oxygen atoms in total. The second-order valence-corrected chi connectivity index (χ2v) is 5.29. The largest absolute Gasteiger partial charge is 0.464 e. The fourth-order valence-electron chi connectivity index (χ4n) is 2.15. The van der Waals surface area contributed by atoms with Crippen LogP contribution in [0.1, 0.15) is 19.7 Å². The molecule has 0 spiro atoms. The fraction of sp³-hybridized carbons (Fsp3) is 0.312. The van der Waals surface area contributed by atoms with Crippen molar-refractivity contribution in [3.05, 3.63) is 42.6 Å². The van der Waals surface area contributed by atoms with Crippen molar-refractivity contribution < 1.29 is 8.83 Å². The molecule has 0 aliphatic carbocycles. The van der Waals surface area contributed by atoms with Crippen molar-refractivity contribution in [1.29, 1.82) is 0 Å². The van der Waals surface area contributed by atoms with E-state index < -0.39 is 0 Å². The Morgan fingerprint density at radius 1 is 1.25 bits per heavy atom. The summed E-state index contributed by atoms with van der Waals surface area (Å²) in [5.41, 5.74) is 1.81. The molecule has 0 bridgehead atoms. The molecular weight excluding hydrogens is 252 g/mol. The van der Waals surface area contributed by atoms with Crippen LogP contribution in [0.15, 0.2) is 45.6 Å². The molecule has 0 unspecified atom stereocenters. The van der Waals surface area contributed by atoms with Gasteiger partial charge in [-0.2, -0.15) is 0 Å². The average Bonchev–Trinajstić information content (AvgIpc) is 3.04. The summed E-state index contributed by atoms with van der Waals surface area (Å²) in [5, 5.41) is 4.36. The third-order valence-electron chi connectivity index (χ3n) is 3.13. The number of oxazole rings is 1. The number of nitrogens with one attached hydrogen (secondary N) is 1. The van der Waals surface area contributed by atoms with Gasteiger partial charge in [0.1, 0.15) is 11.8 Å². The Hall–Kier alpha value is -2.07. The minimum atomic E-state index is 0.613. The lowest BCUT2D eigenvalue weighted by molar-refractivity contribution is 0.458. The molecule has 3 rings (SSSR count). The minimum absolute atomic E-state index is 0.613. The molecule has 0 saturated carbocycles. The van der Waals surface area contributed by atoms with Gasteiger partial charge in [0.05, 0.1) is 18.3 Å². The normalized spacial score (nSPS) is 11.6. The summed E-state index contributed by atoms with van der Waals surface area (Å²) in [7, 11) is 0. The molecule has 4 heteroatoms. The number of para-hydroxylation sites is 1. The molecule has 0 aliphatic rings. The molecule has 3 aromatic rings. The first-order valence-electron chi connectivity index (χ1n) is 6.86. The van der Waals surface area contributed by atoms with E-state index in [9.17, 15) is 0 Å². The monoisotopic (exact) mass is 270 g/mol. The van der Waals surface area contributed by atoms with Gasteiger partial charge in [-0.25, -0.2) is 4.98 Å². The second kappa shape index (κ2) is 5.51. The van der Waals surface area contributed by atoms with Gasteiger partial charge in [-0.1, -0.05) is 32.0 Å². The van der Waals surface area contributed by atoms with Crippen LogP contribution in [0.5, 0.6) is 0 Å². The number of fused-ring (bicyclic) bond motifs is 1. The maximum atomic E-state index is 5.78. The van der Waals surface area contributed by atoms with E-state index in [-0.39, 0.29) is 0 Å². The van der Waals surface area contributed by atoms with Crippen molar-refractivity contribution in [3.63, 3.8) is 0 Å². The van der Waals surface area contributed by atoms with Crippen molar-refractivity contribution in [2.75, 3.05) is 6.54 Å². The molecule has 20 heavy (non-hydrogen) atoms. The third-order valence-corrected chi connectivity index (χ3v) is 3.13. The number of hydrogen-bond acceptors (Lipinski definition) is 4. The first-order chi connectivity index (χ1) is 9.74. The van der Waals surface area contributed by atoms with Gasteiger partial charge in [-0.15, -0.1) is 0 Å². The summed E-state index contributed by atoms with van der Waals surface area (Å²) >= 11 is 0. The van der Waals surface area contributed by atoms with Crippen LogP contribution in [0.2, 0.25) is 0 Å². The van der Waals surface area contributed by atoms with E-state index in [1.54, 1.807) is 12.5 Å². The standard InChI is InChI=1S/C16H18N2O2/c1-11(2)7-17-9-16-18-8-15(20-16)13-10-19-14-6-4-3-5-12(13)14/h3-6,8,10-11,17H,7,9H2,1-2H3. The Balaban J connectivity index is 1.79. The number of aromatic nitrogens is 1. The highest BCUT2D eigenvalue weighted by atomic mass is 16.4. The molecule has 0 saturated heterocycles. The quantitative estimate of drug-likeness (QED) is 0.765. The van der Waals surface area contributed by atoms with E-state index in [0.717, 1.165) is 28.8 Å². The number of furan rings is 1. The molecule has 1 N–H and O–H groups in total. The minimum Gasteiger partial charge on any atom is -0.464 e. The lowest BCUT2D eigenvalue weighted by Gasteiger charge is -2.04. The van der Waals surface area contributed by atoms with E-state index >= 15 is 0 Å². The predicted molar refractivity (Wildman–Crippen MR) is 78.3 cm³/mol. The van der Waals surface area contributed by atoms with Gasteiger partial charge >= 0.3 is 0 Å². The van der Waals surface area contributed by atoms with Gasteiger partial charge < -0.3 is 14.2 Å². The smallest absolute Gasteiger partial charge is 0.208 e. The van der Waals surface area contributed by atoms with Gasteiger partial charge in [-0.05, 0) is 18.5 Å². The van der Waals surface area contributed by atoms with E-state index in [2.05, 4.69) is 24.1 Å². The zero-order chi connectivity index (χ0) is 13.9. The molecule has 1 aromatic carbocycles.